The second-order valence-corrected chi connectivity index (χ2v) is 10.5. The molecular formula is C31H31F3N6O. The Kier molecular flexibility index (Phi) is 8.19. The van der Waals surface area contributed by atoms with Gasteiger partial charge in [0.25, 0.3) is 0 Å². The topological polar surface area (TPSA) is 81.4 Å². The van der Waals surface area contributed by atoms with Crippen LogP contribution in [-0.4, -0.2) is 29.8 Å². The Morgan fingerprint density at radius 3 is 2.15 bits per heavy atom. The Morgan fingerprint density at radius 2 is 1.51 bits per heavy atom. The van der Waals surface area contributed by atoms with Gasteiger partial charge in [-0.3, -0.25) is 9.13 Å². The first-order valence-corrected chi connectivity index (χ1v) is 13.6. The molecule has 0 aliphatic rings. The summed E-state index contributed by atoms with van der Waals surface area (Å²) < 4.78 is 45.7. The first-order valence-electron chi connectivity index (χ1n) is 13.6. The largest absolute Gasteiger partial charge is 0.433 e. The molecule has 5 aromatic rings. The van der Waals surface area contributed by atoms with Crippen LogP contribution in [0.2, 0.25) is 0 Å². The second-order valence-electron chi connectivity index (χ2n) is 10.5. The van der Waals surface area contributed by atoms with Gasteiger partial charge in [0.15, 0.2) is 5.82 Å². The van der Waals surface area contributed by atoms with Gasteiger partial charge in [0.05, 0.1) is 12.2 Å². The molecule has 0 aliphatic heterocycles. The average Bonchev–Trinajstić information content (AvgIpc) is 3.59. The van der Waals surface area contributed by atoms with Gasteiger partial charge in [-0.05, 0) is 57.9 Å². The highest BCUT2D eigenvalue weighted by molar-refractivity contribution is 5.80. The van der Waals surface area contributed by atoms with Crippen LogP contribution in [-0.2, 0) is 32.1 Å². The van der Waals surface area contributed by atoms with Crippen LogP contribution in [0.4, 0.5) is 13.2 Å². The molecule has 0 unspecified atom stereocenters. The van der Waals surface area contributed by atoms with Gasteiger partial charge in [-0.2, -0.15) is 13.2 Å². The third kappa shape index (κ3) is 6.32. The van der Waals surface area contributed by atoms with E-state index in [1.807, 2.05) is 92.7 Å². The third-order valence-electron chi connectivity index (χ3n) is 7.16. The number of hydrogen-bond acceptors (Lipinski definition) is 4. The summed E-state index contributed by atoms with van der Waals surface area (Å²) in [6.07, 6.45) is -3.63. The van der Waals surface area contributed by atoms with Crippen LogP contribution in [0.25, 0.3) is 22.5 Å². The standard InChI is InChI=1S/C31H31F3N6O/c1-21(2)12-17-27-28(31(32,33)34)39(19-18-22-8-4-3-5-9-22)30(41)40(27)20-23-13-15-24(16-14-23)25-10-6-7-11-26(25)29-35-37-38-36-29/h3-11,13-16,21H,12,17-20H2,1-2H3,(H,35,36,37,38). The Balaban J connectivity index is 1.50. The molecule has 0 atom stereocenters. The fraction of sp³-hybridized carbons (Fsp3) is 0.290. The highest BCUT2D eigenvalue weighted by Gasteiger charge is 2.40. The van der Waals surface area contributed by atoms with E-state index < -0.39 is 17.6 Å². The van der Waals surface area contributed by atoms with E-state index in [1.54, 1.807) is 0 Å². The van der Waals surface area contributed by atoms with E-state index in [9.17, 15) is 18.0 Å². The van der Waals surface area contributed by atoms with E-state index in [0.29, 0.717) is 18.7 Å². The van der Waals surface area contributed by atoms with Crippen LogP contribution in [0.5, 0.6) is 0 Å². The van der Waals surface area contributed by atoms with Gasteiger partial charge in [-0.25, -0.2) is 9.89 Å². The second kappa shape index (κ2) is 12.0. The lowest BCUT2D eigenvalue weighted by molar-refractivity contribution is -0.144. The molecule has 0 fully saturated rings. The summed E-state index contributed by atoms with van der Waals surface area (Å²) in [4.78, 5) is 13.6. The monoisotopic (exact) mass is 560 g/mol. The number of alkyl halides is 3. The summed E-state index contributed by atoms with van der Waals surface area (Å²) in [5, 5.41) is 14.1. The molecule has 0 spiro atoms. The zero-order valence-corrected chi connectivity index (χ0v) is 22.9. The molecular weight excluding hydrogens is 529 g/mol. The number of aromatic amines is 1. The predicted octanol–water partition coefficient (Wildman–Crippen LogP) is 6.40. The first-order chi connectivity index (χ1) is 19.7. The van der Waals surface area contributed by atoms with Gasteiger partial charge in [0.1, 0.15) is 5.69 Å². The Hall–Kier alpha value is -4.47. The SMILES string of the molecule is CC(C)CCc1c(C(F)(F)F)n(CCc2ccccc2)c(=O)n1Cc1ccc(-c2ccccc2-c2nnn[nH]2)cc1. The lowest BCUT2D eigenvalue weighted by atomic mass is 9.98. The van der Waals surface area contributed by atoms with Crippen LogP contribution in [0.3, 0.4) is 0 Å². The molecule has 41 heavy (non-hydrogen) atoms. The van der Waals surface area contributed by atoms with Crippen molar-refractivity contribution >= 4 is 0 Å². The smallest absolute Gasteiger partial charge is 0.291 e. The zero-order chi connectivity index (χ0) is 29.0. The molecule has 0 saturated carbocycles. The highest BCUT2D eigenvalue weighted by atomic mass is 19.4. The molecule has 1 N–H and O–H groups in total. The van der Waals surface area contributed by atoms with Crippen molar-refractivity contribution in [2.45, 2.75) is 52.4 Å². The molecule has 2 aromatic heterocycles. The van der Waals surface area contributed by atoms with Crippen molar-refractivity contribution in [2.75, 3.05) is 0 Å². The van der Waals surface area contributed by atoms with E-state index in [1.165, 1.54) is 4.57 Å². The Morgan fingerprint density at radius 1 is 0.829 bits per heavy atom. The van der Waals surface area contributed by atoms with Crippen molar-refractivity contribution in [1.29, 1.82) is 0 Å². The lowest BCUT2D eigenvalue weighted by Crippen LogP contribution is -2.28. The van der Waals surface area contributed by atoms with Crippen LogP contribution in [0, 0.1) is 5.92 Å². The van der Waals surface area contributed by atoms with Gasteiger partial charge >= 0.3 is 11.9 Å². The van der Waals surface area contributed by atoms with Crippen molar-refractivity contribution in [1.82, 2.24) is 29.8 Å². The van der Waals surface area contributed by atoms with Gasteiger partial charge in [0, 0.05) is 12.1 Å². The van der Waals surface area contributed by atoms with Crippen molar-refractivity contribution in [3.05, 3.63) is 112 Å². The summed E-state index contributed by atoms with van der Waals surface area (Å²) in [5.41, 5.74) is 2.78. The molecule has 0 amide bonds. The quantitative estimate of drug-likeness (QED) is 0.215. The lowest BCUT2D eigenvalue weighted by Gasteiger charge is -2.15. The van der Waals surface area contributed by atoms with Crippen molar-refractivity contribution in [3.8, 4) is 22.5 Å². The van der Waals surface area contributed by atoms with Crippen LogP contribution >= 0.6 is 0 Å². The number of rotatable bonds is 10. The van der Waals surface area contributed by atoms with Gasteiger partial charge < -0.3 is 0 Å². The summed E-state index contributed by atoms with van der Waals surface area (Å²) in [5.74, 6) is 0.716. The number of H-pyrrole nitrogens is 1. The van der Waals surface area contributed by atoms with Crippen molar-refractivity contribution < 1.29 is 13.2 Å². The van der Waals surface area contributed by atoms with E-state index >= 15 is 0 Å². The fourth-order valence-corrected chi connectivity index (χ4v) is 5.08. The normalized spacial score (nSPS) is 11.9. The number of aryl methyl sites for hydroxylation is 1. The first kappa shape index (κ1) is 28.1. The summed E-state index contributed by atoms with van der Waals surface area (Å²) in [6.45, 7) is 3.92. The van der Waals surface area contributed by atoms with Crippen LogP contribution in [0.15, 0.2) is 83.7 Å². The highest BCUT2D eigenvalue weighted by Crippen LogP contribution is 2.34. The minimum Gasteiger partial charge on any atom is -0.291 e. The van der Waals surface area contributed by atoms with Crippen molar-refractivity contribution in [2.24, 2.45) is 5.92 Å². The van der Waals surface area contributed by atoms with E-state index in [-0.39, 0.29) is 31.1 Å². The minimum absolute atomic E-state index is 0.0384. The van der Waals surface area contributed by atoms with Gasteiger partial charge in [-0.1, -0.05) is 92.7 Å². The minimum atomic E-state index is -4.66. The molecule has 3 aromatic carbocycles. The molecule has 0 radical (unpaired) electrons. The molecule has 212 valence electrons. The number of tetrazole rings is 1. The van der Waals surface area contributed by atoms with Gasteiger partial charge in [-0.15, -0.1) is 5.10 Å². The maximum Gasteiger partial charge on any atom is 0.433 e. The molecule has 10 heteroatoms. The third-order valence-corrected chi connectivity index (χ3v) is 7.16. The van der Waals surface area contributed by atoms with Crippen molar-refractivity contribution in [3.63, 3.8) is 0 Å². The van der Waals surface area contributed by atoms with Crippen LogP contribution in [0.1, 0.15) is 42.8 Å². The number of imidazole rings is 1. The maximum absolute atomic E-state index is 14.5. The molecule has 0 aliphatic carbocycles. The predicted molar refractivity (Wildman–Crippen MR) is 151 cm³/mol. The summed E-state index contributed by atoms with van der Waals surface area (Å²) >= 11 is 0. The van der Waals surface area contributed by atoms with Crippen LogP contribution < -0.4 is 5.69 Å². The summed E-state index contributed by atoms with van der Waals surface area (Å²) in [7, 11) is 0. The summed E-state index contributed by atoms with van der Waals surface area (Å²) in [6, 6.07) is 24.4. The average molecular weight is 561 g/mol. The number of nitrogens with zero attached hydrogens (tertiary/aromatic N) is 5. The fourth-order valence-electron chi connectivity index (χ4n) is 5.08. The number of hydrogen-bond donors (Lipinski definition) is 1. The van der Waals surface area contributed by atoms with Gasteiger partial charge in [0.2, 0.25) is 0 Å². The molecule has 5 rings (SSSR count). The maximum atomic E-state index is 14.5. The number of aromatic nitrogens is 6. The number of halogens is 3. The molecule has 2 heterocycles. The zero-order valence-electron chi connectivity index (χ0n) is 22.9. The van der Waals surface area contributed by atoms with E-state index in [2.05, 4.69) is 20.6 Å². The molecule has 0 bridgehead atoms. The Bertz CT molecular complexity index is 1640. The van der Waals surface area contributed by atoms with E-state index in [4.69, 9.17) is 0 Å². The molecule has 0 saturated heterocycles. The number of benzene rings is 3. The number of nitrogens with one attached hydrogen (secondary N) is 1. The Labute approximate surface area is 235 Å². The molecule has 7 nitrogen and oxygen atoms in total. The van der Waals surface area contributed by atoms with E-state index in [0.717, 1.165) is 32.4 Å².